The molecule has 0 aromatic heterocycles. The minimum Gasteiger partial charge on any atom is -0.504 e. The molecular formula is C13H16O11. The Balaban J connectivity index is 2.26. The van der Waals surface area contributed by atoms with E-state index in [-0.39, 0.29) is 0 Å². The van der Waals surface area contributed by atoms with E-state index in [2.05, 4.69) is 4.74 Å². The standard InChI is InChI=1S/C13H16O11/c14-3-7-9(18)10(19)11(20)13(22,23-7)24-12(21)4-1-5(15)8(17)6(16)2-4/h1-2,7,9-11,14-20,22H,3H2/t7-,9-,10+,11-,13?/m1/s1. The molecule has 0 spiro atoms. The zero-order valence-electron chi connectivity index (χ0n) is 12.0. The van der Waals surface area contributed by atoms with Crippen LogP contribution in [-0.2, 0) is 9.47 Å². The molecule has 1 aromatic rings. The lowest BCUT2D eigenvalue weighted by Crippen LogP contribution is -2.66. The maximum absolute atomic E-state index is 12.0. The first-order valence-electron chi connectivity index (χ1n) is 6.64. The summed E-state index contributed by atoms with van der Waals surface area (Å²) >= 11 is 0. The van der Waals surface area contributed by atoms with Gasteiger partial charge in [0.2, 0.25) is 0 Å². The van der Waals surface area contributed by atoms with Crippen molar-refractivity contribution >= 4 is 5.97 Å². The molecule has 1 saturated heterocycles. The third kappa shape index (κ3) is 3.08. The van der Waals surface area contributed by atoms with Gasteiger partial charge in [0.05, 0.1) is 12.2 Å². The van der Waals surface area contributed by atoms with Crippen LogP contribution >= 0.6 is 0 Å². The number of aromatic hydroxyl groups is 3. The molecule has 11 nitrogen and oxygen atoms in total. The molecule has 134 valence electrons. The summed E-state index contributed by atoms with van der Waals surface area (Å²) in [5, 5.41) is 75.9. The quantitative estimate of drug-likeness (QED) is 0.158. The van der Waals surface area contributed by atoms with Crippen LogP contribution in [-0.4, -0.2) is 83.8 Å². The van der Waals surface area contributed by atoms with Crippen molar-refractivity contribution in [2.24, 2.45) is 0 Å². The summed E-state index contributed by atoms with van der Waals surface area (Å²) in [6.45, 7) is -0.869. The highest BCUT2D eigenvalue weighted by molar-refractivity contribution is 5.91. The molecular weight excluding hydrogens is 332 g/mol. The highest BCUT2D eigenvalue weighted by Gasteiger charge is 2.56. The van der Waals surface area contributed by atoms with Gasteiger partial charge in [-0.1, -0.05) is 0 Å². The highest BCUT2D eigenvalue weighted by Crippen LogP contribution is 2.36. The number of rotatable bonds is 3. The first-order valence-corrected chi connectivity index (χ1v) is 6.64. The van der Waals surface area contributed by atoms with Crippen LogP contribution < -0.4 is 0 Å². The van der Waals surface area contributed by atoms with Crippen molar-refractivity contribution in [2.45, 2.75) is 30.4 Å². The second-order valence-corrected chi connectivity index (χ2v) is 5.15. The zero-order chi connectivity index (χ0) is 18.2. The molecule has 0 aliphatic carbocycles. The summed E-state index contributed by atoms with van der Waals surface area (Å²) in [4.78, 5) is 12.0. The van der Waals surface area contributed by atoms with Crippen LogP contribution in [0.4, 0.5) is 0 Å². The Bertz CT molecular complexity index is 607. The Hall–Kier alpha value is -2.15. The lowest BCUT2D eigenvalue weighted by Gasteiger charge is -2.43. The fourth-order valence-corrected chi connectivity index (χ4v) is 2.12. The first-order chi connectivity index (χ1) is 11.1. The fourth-order valence-electron chi connectivity index (χ4n) is 2.12. The maximum atomic E-state index is 12.0. The molecule has 1 heterocycles. The molecule has 1 aromatic carbocycles. The van der Waals surface area contributed by atoms with Gasteiger partial charge in [-0.05, 0) is 12.1 Å². The van der Waals surface area contributed by atoms with Crippen molar-refractivity contribution in [2.75, 3.05) is 6.61 Å². The minimum atomic E-state index is -3.12. The normalized spacial score (nSPS) is 33.2. The van der Waals surface area contributed by atoms with E-state index in [1.165, 1.54) is 0 Å². The Morgan fingerprint density at radius 3 is 2.17 bits per heavy atom. The molecule has 0 bridgehead atoms. The lowest BCUT2D eigenvalue weighted by atomic mass is 9.98. The van der Waals surface area contributed by atoms with Crippen molar-refractivity contribution < 1.29 is 55.1 Å². The predicted octanol–water partition coefficient (Wildman–Crippen LogP) is -2.92. The maximum Gasteiger partial charge on any atom is 0.357 e. The molecule has 2 rings (SSSR count). The Kier molecular flexibility index (Phi) is 4.85. The van der Waals surface area contributed by atoms with E-state index in [1.807, 2.05) is 0 Å². The van der Waals surface area contributed by atoms with E-state index in [0.717, 1.165) is 0 Å². The molecule has 5 atom stereocenters. The third-order valence-electron chi connectivity index (χ3n) is 3.47. The topological polar surface area (TPSA) is 197 Å². The molecule has 0 amide bonds. The van der Waals surface area contributed by atoms with Gasteiger partial charge in [0.25, 0.3) is 0 Å². The number of esters is 1. The van der Waals surface area contributed by atoms with Crippen molar-refractivity contribution in [1.82, 2.24) is 0 Å². The summed E-state index contributed by atoms with van der Waals surface area (Å²) in [5.74, 6) is -7.14. The van der Waals surface area contributed by atoms with Gasteiger partial charge in [0.1, 0.15) is 18.3 Å². The number of phenols is 3. The van der Waals surface area contributed by atoms with E-state index in [9.17, 15) is 40.5 Å². The smallest absolute Gasteiger partial charge is 0.357 e. The van der Waals surface area contributed by atoms with Gasteiger partial charge in [-0.3, -0.25) is 0 Å². The third-order valence-corrected chi connectivity index (χ3v) is 3.47. The molecule has 1 aliphatic rings. The van der Waals surface area contributed by atoms with Gasteiger partial charge >= 0.3 is 11.9 Å². The summed E-state index contributed by atoms with van der Waals surface area (Å²) in [5.41, 5.74) is -0.534. The van der Waals surface area contributed by atoms with E-state index in [4.69, 9.17) is 9.84 Å². The monoisotopic (exact) mass is 348 g/mol. The van der Waals surface area contributed by atoms with Crippen LogP contribution in [0.3, 0.4) is 0 Å². The zero-order valence-corrected chi connectivity index (χ0v) is 12.0. The number of ether oxygens (including phenoxy) is 2. The number of carbonyl (C=O) groups is 1. The number of aliphatic hydroxyl groups is 5. The summed E-state index contributed by atoms with van der Waals surface area (Å²) < 4.78 is 9.26. The van der Waals surface area contributed by atoms with E-state index in [0.29, 0.717) is 12.1 Å². The van der Waals surface area contributed by atoms with Crippen molar-refractivity contribution in [3.63, 3.8) is 0 Å². The van der Waals surface area contributed by atoms with Crippen molar-refractivity contribution in [3.05, 3.63) is 17.7 Å². The number of phenolic OH excluding ortho intramolecular Hbond substituents is 3. The van der Waals surface area contributed by atoms with Gasteiger partial charge in [-0.25, -0.2) is 4.79 Å². The van der Waals surface area contributed by atoms with Crippen LogP contribution in [0.5, 0.6) is 17.2 Å². The molecule has 0 radical (unpaired) electrons. The second-order valence-electron chi connectivity index (χ2n) is 5.15. The molecule has 1 unspecified atom stereocenters. The Labute approximate surface area is 134 Å². The number of hydrogen-bond donors (Lipinski definition) is 8. The van der Waals surface area contributed by atoms with E-state index < -0.39 is 65.8 Å². The van der Waals surface area contributed by atoms with Crippen molar-refractivity contribution in [3.8, 4) is 17.2 Å². The molecule has 24 heavy (non-hydrogen) atoms. The Morgan fingerprint density at radius 2 is 1.67 bits per heavy atom. The molecule has 1 fully saturated rings. The van der Waals surface area contributed by atoms with Gasteiger partial charge in [-0.15, -0.1) is 0 Å². The minimum absolute atomic E-state index is 0.534. The average Bonchev–Trinajstić information content (AvgIpc) is 2.53. The van der Waals surface area contributed by atoms with Crippen LogP contribution in [0, 0.1) is 0 Å². The highest BCUT2D eigenvalue weighted by atomic mass is 16.8. The van der Waals surface area contributed by atoms with E-state index in [1.54, 1.807) is 0 Å². The first kappa shape index (κ1) is 18.2. The van der Waals surface area contributed by atoms with E-state index >= 15 is 0 Å². The average molecular weight is 348 g/mol. The number of benzene rings is 1. The summed E-state index contributed by atoms with van der Waals surface area (Å²) in [6.07, 6.45) is -7.61. The van der Waals surface area contributed by atoms with Crippen LogP contribution in [0.15, 0.2) is 12.1 Å². The van der Waals surface area contributed by atoms with Gasteiger partial charge in [0, 0.05) is 0 Å². The number of hydrogen-bond acceptors (Lipinski definition) is 11. The van der Waals surface area contributed by atoms with Crippen LogP contribution in [0.1, 0.15) is 10.4 Å². The molecule has 8 N–H and O–H groups in total. The molecule has 11 heteroatoms. The second kappa shape index (κ2) is 6.39. The Morgan fingerprint density at radius 1 is 1.12 bits per heavy atom. The summed E-state index contributed by atoms with van der Waals surface area (Å²) in [6, 6.07) is 1.40. The SMILES string of the molecule is O=C(OC1(O)O[C@H](CO)[C@@H](O)[C@H](O)[C@H]1O)c1cc(O)c(O)c(O)c1. The summed E-state index contributed by atoms with van der Waals surface area (Å²) in [7, 11) is 0. The number of aliphatic hydroxyl groups excluding tert-OH is 4. The number of carbonyl (C=O) groups excluding carboxylic acids is 1. The van der Waals surface area contributed by atoms with Gasteiger partial charge in [-0.2, -0.15) is 0 Å². The largest absolute Gasteiger partial charge is 0.504 e. The lowest BCUT2D eigenvalue weighted by molar-refractivity contribution is -0.430. The van der Waals surface area contributed by atoms with Gasteiger partial charge < -0.3 is 50.3 Å². The van der Waals surface area contributed by atoms with Crippen LogP contribution in [0.25, 0.3) is 0 Å². The predicted molar refractivity (Wildman–Crippen MR) is 71.8 cm³/mol. The molecule has 0 saturated carbocycles. The molecule has 1 aliphatic heterocycles. The van der Waals surface area contributed by atoms with Crippen LogP contribution in [0.2, 0.25) is 0 Å². The van der Waals surface area contributed by atoms with Crippen molar-refractivity contribution in [1.29, 1.82) is 0 Å². The van der Waals surface area contributed by atoms with Gasteiger partial charge in [0.15, 0.2) is 23.4 Å². The fraction of sp³-hybridized carbons (Fsp3) is 0.462.